The molecule has 26 heavy (non-hydrogen) atoms. The van der Waals surface area contributed by atoms with Crippen LogP contribution < -0.4 is 10.2 Å². The van der Waals surface area contributed by atoms with Crippen molar-refractivity contribution in [1.82, 2.24) is 14.9 Å². The van der Waals surface area contributed by atoms with Gasteiger partial charge >= 0.3 is 6.09 Å². The predicted octanol–water partition coefficient (Wildman–Crippen LogP) is 3.12. The normalized spacial score (nSPS) is 14.3. The Morgan fingerprint density at radius 1 is 1.15 bits per heavy atom. The number of nitrogens with zero attached hydrogens (tertiary/aromatic N) is 4. The lowest BCUT2D eigenvalue weighted by molar-refractivity contribution is 0.105. The average molecular weight is 355 g/mol. The fourth-order valence-corrected chi connectivity index (χ4v) is 2.84. The van der Waals surface area contributed by atoms with Crippen LogP contribution >= 0.6 is 0 Å². The second-order valence-electron chi connectivity index (χ2n) is 6.34. The first-order valence-corrected chi connectivity index (χ1v) is 8.91. The van der Waals surface area contributed by atoms with Gasteiger partial charge in [-0.2, -0.15) is 4.98 Å². The molecular formula is C19H25N5O2. The quantitative estimate of drug-likeness (QED) is 0.909. The molecule has 1 aromatic heterocycles. The minimum Gasteiger partial charge on any atom is -0.450 e. The topological polar surface area (TPSA) is 70.6 Å². The van der Waals surface area contributed by atoms with E-state index < -0.39 is 0 Å². The Morgan fingerprint density at radius 3 is 2.62 bits per heavy atom. The summed E-state index contributed by atoms with van der Waals surface area (Å²) in [6, 6.07) is 8.10. The smallest absolute Gasteiger partial charge is 0.409 e. The third-order valence-electron chi connectivity index (χ3n) is 4.51. The van der Waals surface area contributed by atoms with Crippen LogP contribution in [0.15, 0.2) is 30.5 Å². The molecule has 0 bridgehead atoms. The summed E-state index contributed by atoms with van der Waals surface area (Å²) in [6.45, 7) is 8.99. The Kier molecular flexibility index (Phi) is 5.55. The second kappa shape index (κ2) is 8.03. The van der Waals surface area contributed by atoms with Gasteiger partial charge in [-0.1, -0.05) is 6.07 Å². The number of carbonyl (C=O) groups is 1. The Balaban J connectivity index is 1.64. The molecule has 1 fully saturated rings. The summed E-state index contributed by atoms with van der Waals surface area (Å²) >= 11 is 0. The van der Waals surface area contributed by atoms with Crippen molar-refractivity contribution in [1.29, 1.82) is 0 Å². The number of aromatic nitrogens is 2. The largest absolute Gasteiger partial charge is 0.450 e. The Hall–Kier alpha value is -2.83. The molecule has 1 aromatic carbocycles. The molecule has 0 atom stereocenters. The highest BCUT2D eigenvalue weighted by molar-refractivity contribution is 5.68. The number of aryl methyl sites for hydroxylation is 2. The number of piperazine rings is 1. The number of hydrogen-bond donors (Lipinski definition) is 1. The number of benzene rings is 1. The summed E-state index contributed by atoms with van der Waals surface area (Å²) in [5, 5.41) is 3.33. The molecule has 0 radical (unpaired) electrons. The molecule has 7 heteroatoms. The van der Waals surface area contributed by atoms with Gasteiger partial charge in [-0.15, -0.1) is 0 Å². The molecule has 0 unspecified atom stereocenters. The zero-order valence-electron chi connectivity index (χ0n) is 15.5. The van der Waals surface area contributed by atoms with Crippen LogP contribution in [0.3, 0.4) is 0 Å². The van der Waals surface area contributed by atoms with Gasteiger partial charge < -0.3 is 19.9 Å². The summed E-state index contributed by atoms with van der Waals surface area (Å²) in [7, 11) is 0. The molecule has 0 spiro atoms. The van der Waals surface area contributed by atoms with E-state index in [1.807, 2.05) is 19.1 Å². The second-order valence-corrected chi connectivity index (χ2v) is 6.34. The maximum absolute atomic E-state index is 11.8. The fraction of sp³-hybridized carbons (Fsp3) is 0.421. The van der Waals surface area contributed by atoms with Gasteiger partial charge in [-0.3, -0.25) is 0 Å². The van der Waals surface area contributed by atoms with Crippen molar-refractivity contribution in [3.63, 3.8) is 0 Å². The summed E-state index contributed by atoms with van der Waals surface area (Å²) in [5.74, 6) is 1.42. The first-order chi connectivity index (χ1) is 12.6. The van der Waals surface area contributed by atoms with Crippen molar-refractivity contribution < 1.29 is 9.53 Å². The highest BCUT2D eigenvalue weighted by Gasteiger charge is 2.23. The van der Waals surface area contributed by atoms with Crippen LogP contribution in [-0.4, -0.2) is 53.7 Å². The van der Waals surface area contributed by atoms with Gasteiger partial charge in [0.05, 0.1) is 6.61 Å². The van der Waals surface area contributed by atoms with Crippen molar-refractivity contribution in [2.24, 2.45) is 0 Å². The molecule has 1 N–H and O–H groups in total. The van der Waals surface area contributed by atoms with Crippen LogP contribution in [0.1, 0.15) is 18.1 Å². The SMILES string of the molecule is CCOC(=O)N1CCN(c2nccc(Nc3ccc(C)c(C)c3)n2)CC1. The number of carbonyl (C=O) groups excluding carboxylic acids is 1. The Morgan fingerprint density at radius 2 is 1.92 bits per heavy atom. The highest BCUT2D eigenvalue weighted by Crippen LogP contribution is 2.20. The minimum atomic E-state index is -0.252. The van der Waals surface area contributed by atoms with Crippen molar-refractivity contribution in [3.8, 4) is 0 Å². The predicted molar refractivity (Wildman–Crippen MR) is 102 cm³/mol. The zero-order chi connectivity index (χ0) is 18.5. The van der Waals surface area contributed by atoms with E-state index in [0.29, 0.717) is 38.7 Å². The van der Waals surface area contributed by atoms with Gasteiger partial charge in [-0.25, -0.2) is 9.78 Å². The van der Waals surface area contributed by atoms with Crippen LogP contribution in [0.25, 0.3) is 0 Å². The number of hydrogen-bond acceptors (Lipinski definition) is 6. The molecule has 1 aliphatic heterocycles. The van der Waals surface area contributed by atoms with Crippen LogP contribution in [-0.2, 0) is 4.74 Å². The molecule has 0 aliphatic carbocycles. The number of amides is 1. The van der Waals surface area contributed by atoms with Crippen LogP contribution in [0.4, 0.5) is 22.2 Å². The number of rotatable bonds is 4. The summed E-state index contributed by atoms with van der Waals surface area (Å²) in [4.78, 5) is 24.6. The van der Waals surface area contributed by atoms with E-state index >= 15 is 0 Å². The Labute approximate surface area is 154 Å². The van der Waals surface area contributed by atoms with Crippen LogP contribution in [0, 0.1) is 13.8 Å². The zero-order valence-corrected chi connectivity index (χ0v) is 15.5. The lowest BCUT2D eigenvalue weighted by atomic mass is 10.1. The maximum atomic E-state index is 11.8. The molecule has 1 saturated heterocycles. The minimum absolute atomic E-state index is 0.252. The lowest BCUT2D eigenvalue weighted by Gasteiger charge is -2.34. The van der Waals surface area contributed by atoms with E-state index in [0.717, 1.165) is 11.5 Å². The third kappa shape index (κ3) is 4.22. The van der Waals surface area contributed by atoms with Gasteiger partial charge in [0, 0.05) is 38.1 Å². The van der Waals surface area contributed by atoms with Gasteiger partial charge in [0.25, 0.3) is 0 Å². The summed E-state index contributed by atoms with van der Waals surface area (Å²) in [6.07, 6.45) is 1.50. The van der Waals surface area contributed by atoms with Crippen molar-refractivity contribution in [2.75, 3.05) is 43.0 Å². The summed E-state index contributed by atoms with van der Waals surface area (Å²) < 4.78 is 5.05. The van der Waals surface area contributed by atoms with E-state index in [9.17, 15) is 4.79 Å². The first kappa shape index (κ1) is 18.0. The van der Waals surface area contributed by atoms with Crippen molar-refractivity contribution in [3.05, 3.63) is 41.6 Å². The molecular weight excluding hydrogens is 330 g/mol. The van der Waals surface area contributed by atoms with E-state index in [-0.39, 0.29) is 6.09 Å². The average Bonchev–Trinajstić information content (AvgIpc) is 2.65. The Bertz CT molecular complexity index is 772. The molecule has 2 heterocycles. The molecule has 1 amide bonds. The molecule has 7 nitrogen and oxygen atoms in total. The lowest BCUT2D eigenvalue weighted by Crippen LogP contribution is -2.49. The molecule has 3 rings (SSSR count). The van der Waals surface area contributed by atoms with Gasteiger partial charge in [0.15, 0.2) is 0 Å². The van der Waals surface area contributed by atoms with Gasteiger partial charge in [0.1, 0.15) is 5.82 Å². The molecule has 138 valence electrons. The van der Waals surface area contributed by atoms with Crippen LogP contribution in [0.5, 0.6) is 0 Å². The fourth-order valence-electron chi connectivity index (χ4n) is 2.84. The standard InChI is InChI=1S/C19H25N5O2/c1-4-26-19(25)24-11-9-23(10-12-24)18-20-8-7-17(22-18)21-16-6-5-14(2)15(3)13-16/h5-8,13H,4,9-12H2,1-3H3,(H,20,21,22). The van der Waals surface area contributed by atoms with Crippen molar-refractivity contribution >= 4 is 23.5 Å². The number of anilines is 3. The highest BCUT2D eigenvalue weighted by atomic mass is 16.6. The first-order valence-electron chi connectivity index (χ1n) is 8.91. The monoisotopic (exact) mass is 355 g/mol. The van der Waals surface area contributed by atoms with Gasteiger partial charge in [-0.05, 0) is 50.1 Å². The maximum Gasteiger partial charge on any atom is 0.409 e. The van der Waals surface area contributed by atoms with E-state index in [1.54, 1.807) is 11.1 Å². The van der Waals surface area contributed by atoms with E-state index in [4.69, 9.17) is 4.74 Å². The molecule has 2 aromatic rings. The number of nitrogens with one attached hydrogen (secondary N) is 1. The van der Waals surface area contributed by atoms with Gasteiger partial charge in [0.2, 0.25) is 5.95 Å². The van der Waals surface area contributed by atoms with Crippen molar-refractivity contribution in [2.45, 2.75) is 20.8 Å². The van der Waals surface area contributed by atoms with Crippen LogP contribution in [0.2, 0.25) is 0 Å². The van der Waals surface area contributed by atoms with E-state index in [1.165, 1.54) is 11.1 Å². The van der Waals surface area contributed by atoms with E-state index in [2.05, 4.69) is 46.2 Å². The number of ether oxygens (including phenoxy) is 1. The summed E-state index contributed by atoms with van der Waals surface area (Å²) in [5.41, 5.74) is 3.50. The third-order valence-corrected chi connectivity index (χ3v) is 4.51. The molecule has 1 aliphatic rings. The molecule has 0 saturated carbocycles.